The molecule has 0 bridgehead atoms. The fraction of sp³-hybridized carbons (Fsp3) is 0.186. The maximum atomic E-state index is 2.64. The van der Waals surface area contributed by atoms with Crippen LogP contribution < -0.4 is 20.6 Å². The third-order valence-corrected chi connectivity index (χ3v) is 14.0. The molecule has 3 heteroatoms. The summed E-state index contributed by atoms with van der Waals surface area (Å²) in [4.78, 5) is 5.28. The smallest absolute Gasteiger partial charge is 0.333 e. The molecular formula is C59H53BN2. The Labute approximate surface area is 368 Å². The summed E-state index contributed by atoms with van der Waals surface area (Å²) in [7, 11) is 0. The molecule has 0 aromatic heterocycles. The largest absolute Gasteiger partial charge is 0.376 e. The van der Waals surface area contributed by atoms with Crippen molar-refractivity contribution >= 4 is 46.2 Å². The van der Waals surface area contributed by atoms with Gasteiger partial charge < -0.3 is 9.71 Å². The quantitative estimate of drug-likeness (QED) is 0.164. The highest BCUT2D eigenvalue weighted by Crippen LogP contribution is 2.54. The Hall–Kier alpha value is -6.58. The Morgan fingerprint density at radius 3 is 1.71 bits per heavy atom. The maximum Gasteiger partial charge on any atom is 0.333 e. The minimum atomic E-state index is -0.177. The standard InChI is InChI=1S/C59H53BN2/c1-57(2,3)41-27-30-43(31-28-41)62-53-26-18-16-24-45(53)48-33-40(38-19-11-9-12-20-38)34-55-56(48)60(62)51-36-47-44-23-15-17-25-49(44)59(7,8)50(47)37-54(51)61(55)52-32-29-42(58(4,5)6)35-46(52)39-21-13-10-14-22-39/h9-37H,1-8H3. The number of hydrogen-bond acceptors (Lipinski definition) is 2. The van der Waals surface area contributed by atoms with E-state index in [4.69, 9.17) is 0 Å². The average molecular weight is 801 g/mol. The number of fused-ring (bicyclic) bond motifs is 7. The van der Waals surface area contributed by atoms with E-state index < -0.39 is 0 Å². The van der Waals surface area contributed by atoms with Gasteiger partial charge in [0.2, 0.25) is 0 Å². The van der Waals surface area contributed by atoms with Crippen LogP contribution in [0.15, 0.2) is 176 Å². The van der Waals surface area contributed by atoms with Crippen LogP contribution in [0.1, 0.15) is 77.6 Å². The molecule has 0 atom stereocenters. The van der Waals surface area contributed by atoms with Crippen LogP contribution in [-0.4, -0.2) is 6.85 Å². The van der Waals surface area contributed by atoms with Gasteiger partial charge in [0.15, 0.2) is 0 Å². The highest BCUT2D eigenvalue weighted by molar-refractivity contribution is 6.93. The van der Waals surface area contributed by atoms with Gasteiger partial charge in [0.05, 0.1) is 5.69 Å². The molecule has 11 rings (SSSR count). The Morgan fingerprint density at radius 2 is 1.02 bits per heavy atom. The number of para-hydroxylation sites is 1. The lowest BCUT2D eigenvalue weighted by molar-refractivity contribution is 0.590. The molecular weight excluding hydrogens is 747 g/mol. The number of rotatable bonds is 4. The Balaban J connectivity index is 1.29. The number of benzene rings is 8. The van der Waals surface area contributed by atoms with Crippen molar-refractivity contribution in [1.29, 1.82) is 0 Å². The van der Waals surface area contributed by atoms with Crippen LogP contribution in [0.4, 0.5) is 28.4 Å². The summed E-state index contributed by atoms with van der Waals surface area (Å²) in [5.41, 5.74) is 24.0. The number of nitrogens with zero attached hydrogens (tertiary/aromatic N) is 2. The van der Waals surface area contributed by atoms with E-state index in [1.54, 1.807) is 0 Å². The molecule has 1 aliphatic carbocycles. The summed E-state index contributed by atoms with van der Waals surface area (Å²) < 4.78 is 0. The summed E-state index contributed by atoms with van der Waals surface area (Å²) in [5, 5.41) is 0. The molecule has 3 aliphatic rings. The number of anilines is 5. The van der Waals surface area contributed by atoms with Crippen molar-refractivity contribution < 1.29 is 0 Å². The summed E-state index contributed by atoms with van der Waals surface area (Å²) in [6.45, 7) is 18.6. The lowest BCUT2D eigenvalue weighted by atomic mass is 9.43. The summed E-state index contributed by atoms with van der Waals surface area (Å²) in [6, 6.07) is 66.9. The molecule has 302 valence electrons. The van der Waals surface area contributed by atoms with Crippen LogP contribution in [0, 0.1) is 0 Å². The first-order valence-electron chi connectivity index (χ1n) is 22.3. The molecule has 2 heterocycles. The fourth-order valence-electron chi connectivity index (χ4n) is 10.6. The van der Waals surface area contributed by atoms with Gasteiger partial charge in [0.25, 0.3) is 0 Å². The van der Waals surface area contributed by atoms with Gasteiger partial charge in [-0.05, 0) is 126 Å². The monoisotopic (exact) mass is 800 g/mol. The van der Waals surface area contributed by atoms with E-state index in [2.05, 4.69) is 241 Å². The fourth-order valence-corrected chi connectivity index (χ4v) is 10.6. The second kappa shape index (κ2) is 13.7. The molecule has 0 radical (unpaired) electrons. The van der Waals surface area contributed by atoms with Crippen molar-refractivity contribution in [2.24, 2.45) is 0 Å². The van der Waals surface area contributed by atoms with Gasteiger partial charge in [-0.25, -0.2) is 0 Å². The molecule has 8 aromatic carbocycles. The molecule has 0 saturated carbocycles. The Bertz CT molecular complexity index is 3060. The van der Waals surface area contributed by atoms with E-state index in [9.17, 15) is 0 Å². The minimum Gasteiger partial charge on any atom is -0.376 e. The van der Waals surface area contributed by atoms with E-state index in [0.29, 0.717) is 0 Å². The third-order valence-electron chi connectivity index (χ3n) is 14.0. The van der Waals surface area contributed by atoms with E-state index in [-0.39, 0.29) is 23.1 Å². The predicted molar refractivity (Wildman–Crippen MR) is 266 cm³/mol. The van der Waals surface area contributed by atoms with E-state index in [1.807, 2.05) is 0 Å². The van der Waals surface area contributed by atoms with Crippen molar-refractivity contribution in [1.82, 2.24) is 0 Å². The first kappa shape index (κ1) is 38.4. The predicted octanol–water partition coefficient (Wildman–Crippen LogP) is 14.6. The van der Waals surface area contributed by atoms with Gasteiger partial charge in [0, 0.05) is 39.3 Å². The summed E-state index contributed by atoms with van der Waals surface area (Å²) >= 11 is 0. The SMILES string of the molecule is CC(C)(C)c1ccc(N2B3c4cc5c(cc4N(c4ccc(C(C)(C)C)cc4-c4ccccc4)c4cc(-c6ccccc6)cc(c43)-c3ccccc32)C(C)(C)c2ccccc2-5)cc1. The van der Waals surface area contributed by atoms with Gasteiger partial charge >= 0.3 is 6.85 Å². The van der Waals surface area contributed by atoms with Crippen LogP contribution >= 0.6 is 0 Å². The first-order chi connectivity index (χ1) is 29.8. The second-order valence-electron chi connectivity index (χ2n) is 20.2. The summed E-state index contributed by atoms with van der Waals surface area (Å²) in [5.74, 6) is 0. The lowest BCUT2D eigenvalue weighted by Crippen LogP contribution is -2.61. The van der Waals surface area contributed by atoms with Gasteiger partial charge in [-0.1, -0.05) is 183 Å². The van der Waals surface area contributed by atoms with Crippen molar-refractivity contribution in [2.75, 3.05) is 9.71 Å². The first-order valence-corrected chi connectivity index (χ1v) is 22.3. The van der Waals surface area contributed by atoms with E-state index in [0.717, 1.165) is 0 Å². The van der Waals surface area contributed by atoms with Crippen molar-refractivity contribution in [3.8, 4) is 44.5 Å². The highest BCUT2D eigenvalue weighted by Gasteiger charge is 2.47. The van der Waals surface area contributed by atoms with Gasteiger partial charge in [-0.2, -0.15) is 0 Å². The number of hydrogen-bond donors (Lipinski definition) is 0. The molecule has 0 unspecified atom stereocenters. The van der Waals surface area contributed by atoms with E-state index >= 15 is 0 Å². The molecule has 62 heavy (non-hydrogen) atoms. The zero-order chi connectivity index (χ0) is 42.7. The topological polar surface area (TPSA) is 6.48 Å². The third kappa shape index (κ3) is 5.85. The second-order valence-corrected chi connectivity index (χ2v) is 20.2. The van der Waals surface area contributed by atoms with Crippen molar-refractivity contribution in [3.63, 3.8) is 0 Å². The van der Waals surface area contributed by atoms with Crippen LogP contribution in [0.5, 0.6) is 0 Å². The normalized spacial score (nSPS) is 14.5. The van der Waals surface area contributed by atoms with Gasteiger partial charge in [-0.3, -0.25) is 0 Å². The van der Waals surface area contributed by atoms with Crippen molar-refractivity contribution in [2.45, 2.75) is 71.6 Å². The Morgan fingerprint density at radius 1 is 0.403 bits per heavy atom. The van der Waals surface area contributed by atoms with Gasteiger partial charge in [-0.15, -0.1) is 0 Å². The molecule has 0 N–H and O–H groups in total. The molecule has 2 nitrogen and oxygen atoms in total. The zero-order valence-corrected chi connectivity index (χ0v) is 37.2. The molecule has 0 saturated heterocycles. The zero-order valence-electron chi connectivity index (χ0n) is 37.2. The van der Waals surface area contributed by atoms with Gasteiger partial charge in [0.1, 0.15) is 0 Å². The maximum absolute atomic E-state index is 2.64. The minimum absolute atomic E-state index is 0.0251. The summed E-state index contributed by atoms with van der Waals surface area (Å²) in [6.07, 6.45) is 0. The molecule has 2 aliphatic heterocycles. The van der Waals surface area contributed by atoms with Crippen LogP contribution in [0.3, 0.4) is 0 Å². The molecule has 0 amide bonds. The molecule has 0 spiro atoms. The molecule has 8 aromatic rings. The van der Waals surface area contributed by atoms with E-state index in [1.165, 1.54) is 106 Å². The van der Waals surface area contributed by atoms with Crippen molar-refractivity contribution in [3.05, 3.63) is 198 Å². The highest BCUT2D eigenvalue weighted by atomic mass is 15.2. The average Bonchev–Trinajstić information content (AvgIpc) is 3.50. The van der Waals surface area contributed by atoms with Crippen LogP contribution in [0.2, 0.25) is 0 Å². The Kier molecular flexibility index (Phi) is 8.48. The lowest BCUT2D eigenvalue weighted by Gasteiger charge is -2.46. The van der Waals surface area contributed by atoms with Crippen LogP contribution in [0.25, 0.3) is 44.5 Å². The molecule has 0 fully saturated rings. The van der Waals surface area contributed by atoms with Crippen LogP contribution in [-0.2, 0) is 16.2 Å².